The molecule has 2 aliphatic rings. The second kappa shape index (κ2) is 4.41. The van der Waals surface area contributed by atoms with Crippen LogP contribution < -0.4 is 5.32 Å². The van der Waals surface area contributed by atoms with Crippen LogP contribution in [0.25, 0.3) is 0 Å². The smallest absolute Gasteiger partial charge is 0.229 e. The molecule has 0 spiro atoms. The van der Waals surface area contributed by atoms with Gasteiger partial charge in [0.2, 0.25) is 5.91 Å². The number of nitrogens with zero attached hydrogens (tertiary/aromatic N) is 3. The third kappa shape index (κ3) is 2.04. The summed E-state index contributed by atoms with van der Waals surface area (Å²) in [7, 11) is 1.90. The van der Waals surface area contributed by atoms with E-state index in [9.17, 15) is 4.79 Å². The Labute approximate surface area is 121 Å². The average molecular weight is 288 g/mol. The van der Waals surface area contributed by atoms with Crippen molar-refractivity contribution in [2.24, 2.45) is 13.0 Å². The molecule has 104 valence electrons. The van der Waals surface area contributed by atoms with Crippen LogP contribution in [-0.2, 0) is 24.7 Å². The van der Waals surface area contributed by atoms with E-state index in [0.29, 0.717) is 5.92 Å². The number of rotatable bonds is 3. The van der Waals surface area contributed by atoms with Gasteiger partial charge in [0.25, 0.3) is 0 Å². The van der Waals surface area contributed by atoms with Crippen molar-refractivity contribution in [3.8, 4) is 0 Å². The van der Waals surface area contributed by atoms with Crippen LogP contribution in [0, 0.1) is 5.92 Å². The first-order chi connectivity index (χ1) is 9.70. The molecule has 2 aromatic heterocycles. The lowest BCUT2D eigenvalue weighted by Crippen LogP contribution is -2.14. The monoisotopic (exact) mass is 288 g/mol. The Morgan fingerprint density at radius 3 is 3.15 bits per heavy atom. The highest BCUT2D eigenvalue weighted by molar-refractivity contribution is 7.15. The van der Waals surface area contributed by atoms with Gasteiger partial charge >= 0.3 is 0 Å². The van der Waals surface area contributed by atoms with E-state index in [0.717, 1.165) is 30.0 Å². The van der Waals surface area contributed by atoms with Gasteiger partial charge < -0.3 is 5.32 Å². The van der Waals surface area contributed by atoms with E-state index in [2.05, 4.69) is 15.4 Å². The van der Waals surface area contributed by atoms with E-state index in [4.69, 9.17) is 0 Å². The van der Waals surface area contributed by atoms with Gasteiger partial charge in [-0.2, -0.15) is 5.10 Å². The number of carbonyl (C=O) groups is 1. The first kappa shape index (κ1) is 12.1. The van der Waals surface area contributed by atoms with Crippen LogP contribution in [0.3, 0.4) is 0 Å². The lowest BCUT2D eigenvalue weighted by atomic mass is 10.2. The van der Waals surface area contributed by atoms with Crippen molar-refractivity contribution in [2.75, 3.05) is 5.32 Å². The number of fused-ring (bicyclic) bond motifs is 1. The van der Waals surface area contributed by atoms with Gasteiger partial charge in [-0.25, -0.2) is 4.98 Å². The number of hydrogen-bond acceptors (Lipinski definition) is 4. The Hall–Kier alpha value is -1.69. The Kier molecular flexibility index (Phi) is 2.66. The molecule has 0 saturated heterocycles. The molecule has 0 radical (unpaired) electrons. The van der Waals surface area contributed by atoms with Gasteiger partial charge in [0.05, 0.1) is 11.9 Å². The van der Waals surface area contributed by atoms with E-state index in [1.165, 1.54) is 17.0 Å². The van der Waals surface area contributed by atoms with Crippen molar-refractivity contribution in [1.82, 2.24) is 14.8 Å². The molecule has 20 heavy (non-hydrogen) atoms. The Balaban J connectivity index is 1.41. The van der Waals surface area contributed by atoms with Gasteiger partial charge in [-0.1, -0.05) is 0 Å². The van der Waals surface area contributed by atoms with Crippen LogP contribution in [0.2, 0.25) is 0 Å². The summed E-state index contributed by atoms with van der Waals surface area (Å²) in [4.78, 5) is 18.1. The molecule has 2 heterocycles. The van der Waals surface area contributed by atoms with Gasteiger partial charge in [0.1, 0.15) is 0 Å². The van der Waals surface area contributed by atoms with E-state index in [1.807, 2.05) is 19.4 Å². The summed E-state index contributed by atoms with van der Waals surface area (Å²) in [6, 6.07) is 0. The number of aromatic nitrogens is 3. The molecule has 1 amide bonds. The molecule has 0 aliphatic heterocycles. The predicted molar refractivity (Wildman–Crippen MR) is 76.8 cm³/mol. The molecule has 1 fully saturated rings. The normalized spacial score (nSPS) is 23.6. The minimum Gasteiger partial charge on any atom is -0.302 e. The van der Waals surface area contributed by atoms with Crippen LogP contribution in [-0.4, -0.2) is 20.7 Å². The highest BCUT2D eigenvalue weighted by atomic mass is 32.1. The predicted octanol–water partition coefficient (Wildman–Crippen LogP) is 2.11. The van der Waals surface area contributed by atoms with Crippen LogP contribution in [0.5, 0.6) is 0 Å². The number of nitrogens with one attached hydrogen (secondary N) is 1. The molecule has 2 aromatic rings. The molecular weight excluding hydrogens is 272 g/mol. The van der Waals surface area contributed by atoms with Gasteiger partial charge in [0.15, 0.2) is 5.13 Å². The van der Waals surface area contributed by atoms with Crippen molar-refractivity contribution >= 4 is 22.4 Å². The fraction of sp³-hybridized carbons (Fsp3) is 0.500. The third-order valence-electron chi connectivity index (χ3n) is 4.11. The van der Waals surface area contributed by atoms with Crippen molar-refractivity contribution in [3.05, 3.63) is 28.5 Å². The molecule has 2 aliphatic carbocycles. The molecule has 2 atom stereocenters. The zero-order valence-electron chi connectivity index (χ0n) is 11.3. The molecule has 1 saturated carbocycles. The minimum absolute atomic E-state index is 0.0814. The highest BCUT2D eigenvalue weighted by Crippen LogP contribution is 2.48. The minimum atomic E-state index is 0.0814. The van der Waals surface area contributed by atoms with Crippen LogP contribution >= 0.6 is 11.3 Å². The van der Waals surface area contributed by atoms with Gasteiger partial charge in [-0.3, -0.25) is 9.48 Å². The standard InChI is InChI=1S/C14H16N4OS/c1-18-7-8(6-15-18)9-5-10(9)13(19)17-14-16-11-3-2-4-12(11)20-14/h6-7,9-10H,2-5H2,1H3,(H,16,17,19)/t9-,10+/m0/s1. The molecular formula is C14H16N4OS. The summed E-state index contributed by atoms with van der Waals surface area (Å²) in [6.07, 6.45) is 8.15. The van der Waals surface area contributed by atoms with E-state index in [1.54, 1.807) is 16.0 Å². The SMILES string of the molecule is Cn1cc([C@@H]2C[C@H]2C(=O)Nc2nc3c(s2)CCC3)cn1. The number of carbonyl (C=O) groups excluding carboxylic acids is 1. The summed E-state index contributed by atoms with van der Waals surface area (Å²) >= 11 is 1.64. The second-order valence-corrected chi connectivity index (χ2v) is 6.71. The molecule has 5 nitrogen and oxygen atoms in total. The van der Waals surface area contributed by atoms with E-state index in [-0.39, 0.29) is 11.8 Å². The summed E-state index contributed by atoms with van der Waals surface area (Å²) < 4.78 is 1.79. The number of amides is 1. The quantitative estimate of drug-likeness (QED) is 0.941. The van der Waals surface area contributed by atoms with Gasteiger partial charge in [0, 0.05) is 24.0 Å². The fourth-order valence-corrected chi connectivity index (χ4v) is 3.98. The Morgan fingerprint density at radius 1 is 1.50 bits per heavy atom. The first-order valence-electron chi connectivity index (χ1n) is 6.98. The van der Waals surface area contributed by atoms with Crippen molar-refractivity contribution in [2.45, 2.75) is 31.6 Å². The average Bonchev–Trinajstić information content (AvgIpc) is 2.70. The van der Waals surface area contributed by atoms with Crippen LogP contribution in [0.1, 0.15) is 34.9 Å². The first-order valence-corrected chi connectivity index (χ1v) is 7.80. The fourth-order valence-electron chi connectivity index (χ4n) is 2.93. The van der Waals surface area contributed by atoms with Crippen LogP contribution in [0.4, 0.5) is 5.13 Å². The Bertz CT molecular complexity index is 653. The maximum Gasteiger partial charge on any atom is 0.229 e. The van der Waals surface area contributed by atoms with Crippen molar-refractivity contribution in [1.29, 1.82) is 0 Å². The van der Waals surface area contributed by atoms with E-state index >= 15 is 0 Å². The summed E-state index contributed by atoms with van der Waals surface area (Å²) in [6.45, 7) is 0. The van der Waals surface area contributed by atoms with Crippen molar-refractivity contribution < 1.29 is 4.79 Å². The lowest BCUT2D eigenvalue weighted by molar-refractivity contribution is -0.117. The topological polar surface area (TPSA) is 59.8 Å². The summed E-state index contributed by atoms with van der Waals surface area (Å²) in [5, 5.41) is 7.92. The maximum absolute atomic E-state index is 12.2. The zero-order chi connectivity index (χ0) is 13.7. The molecule has 1 N–H and O–H groups in total. The van der Waals surface area contributed by atoms with Gasteiger partial charge in [-0.15, -0.1) is 11.3 Å². The Morgan fingerprint density at radius 2 is 2.40 bits per heavy atom. The summed E-state index contributed by atoms with van der Waals surface area (Å²) in [5.41, 5.74) is 2.35. The maximum atomic E-state index is 12.2. The molecule has 4 rings (SSSR count). The lowest BCUT2D eigenvalue weighted by Gasteiger charge is -2.00. The largest absolute Gasteiger partial charge is 0.302 e. The van der Waals surface area contributed by atoms with Crippen LogP contribution in [0.15, 0.2) is 12.4 Å². The number of thiazole rings is 1. The highest BCUT2D eigenvalue weighted by Gasteiger charge is 2.44. The van der Waals surface area contributed by atoms with E-state index < -0.39 is 0 Å². The number of anilines is 1. The number of aryl methyl sites for hydroxylation is 3. The number of hydrogen-bond donors (Lipinski definition) is 1. The van der Waals surface area contributed by atoms with Crippen molar-refractivity contribution in [3.63, 3.8) is 0 Å². The van der Waals surface area contributed by atoms with Gasteiger partial charge in [-0.05, 0) is 37.2 Å². The molecule has 6 heteroatoms. The third-order valence-corrected chi connectivity index (χ3v) is 5.18. The second-order valence-electron chi connectivity index (χ2n) is 5.63. The molecule has 0 unspecified atom stereocenters. The summed E-state index contributed by atoms with van der Waals surface area (Å²) in [5.74, 6) is 0.514. The zero-order valence-corrected chi connectivity index (χ0v) is 12.1. The molecule has 0 bridgehead atoms. The molecule has 0 aromatic carbocycles.